The molecule has 6 rings (SSSR count). The number of benzene rings is 5. The van der Waals surface area contributed by atoms with Crippen molar-refractivity contribution in [1.29, 1.82) is 0 Å². The van der Waals surface area contributed by atoms with Crippen molar-refractivity contribution in [3.63, 3.8) is 0 Å². The SMILES string of the molecule is O=S(=O)(c1cccc(Cl)c1)N(c1ccc2c(c1)nc(-c1ccccc1)n2-c1ccccc1)S(=O)(=O)c1cccc(Cl)c1. The number of imidazole rings is 1. The minimum atomic E-state index is -4.69. The summed E-state index contributed by atoms with van der Waals surface area (Å²) in [6, 6.07) is 34.5. The predicted molar refractivity (Wildman–Crippen MR) is 166 cm³/mol. The fourth-order valence-corrected chi connectivity index (χ4v) is 8.93. The van der Waals surface area contributed by atoms with Crippen LogP contribution in [0.1, 0.15) is 0 Å². The molecule has 1 aromatic heterocycles. The van der Waals surface area contributed by atoms with Gasteiger partial charge in [0.15, 0.2) is 0 Å². The first-order valence-corrected chi connectivity index (χ1v) is 16.2. The van der Waals surface area contributed by atoms with E-state index in [0.717, 1.165) is 11.3 Å². The van der Waals surface area contributed by atoms with Crippen LogP contribution in [0, 0.1) is 0 Å². The molecule has 210 valence electrons. The second-order valence-corrected chi connectivity index (χ2v) is 13.9. The summed E-state index contributed by atoms with van der Waals surface area (Å²) in [6.07, 6.45) is 0. The largest absolute Gasteiger partial charge is 0.292 e. The summed E-state index contributed by atoms with van der Waals surface area (Å²) in [5.74, 6) is 0.607. The quantitative estimate of drug-likeness (QED) is 0.181. The lowest BCUT2D eigenvalue weighted by molar-refractivity contribution is 0.584. The van der Waals surface area contributed by atoms with Gasteiger partial charge in [-0.25, -0.2) is 21.8 Å². The van der Waals surface area contributed by atoms with Crippen LogP contribution in [0.5, 0.6) is 0 Å². The van der Waals surface area contributed by atoms with Crippen molar-refractivity contribution in [2.24, 2.45) is 0 Å². The summed E-state index contributed by atoms with van der Waals surface area (Å²) in [4.78, 5) is 4.26. The van der Waals surface area contributed by atoms with Crippen molar-refractivity contribution in [3.05, 3.63) is 137 Å². The standard InChI is InChI=1S/C31H21Cl2N3O4S2/c32-23-11-7-15-27(19-23)41(37,38)36(42(39,40)28-16-8-12-24(33)20-28)26-17-18-30-29(21-26)34-31(22-9-3-1-4-10-22)35(30)25-13-5-2-6-14-25/h1-21H. The predicted octanol–water partition coefficient (Wildman–Crippen LogP) is 7.58. The molecule has 0 atom stereocenters. The van der Waals surface area contributed by atoms with Crippen molar-refractivity contribution >= 4 is 60.0 Å². The molecule has 5 aromatic carbocycles. The first-order chi connectivity index (χ1) is 20.2. The van der Waals surface area contributed by atoms with Crippen molar-refractivity contribution in [2.45, 2.75) is 9.79 Å². The van der Waals surface area contributed by atoms with E-state index in [-0.39, 0.29) is 25.5 Å². The van der Waals surface area contributed by atoms with Crippen LogP contribution in [0.2, 0.25) is 10.0 Å². The molecule has 0 saturated heterocycles. The van der Waals surface area contributed by atoms with Gasteiger partial charge in [0, 0.05) is 21.3 Å². The molecule has 7 nitrogen and oxygen atoms in total. The molecule has 0 saturated carbocycles. The molecule has 0 radical (unpaired) electrons. The van der Waals surface area contributed by atoms with Gasteiger partial charge < -0.3 is 0 Å². The highest BCUT2D eigenvalue weighted by molar-refractivity contribution is 8.10. The summed E-state index contributed by atoms with van der Waals surface area (Å²) in [5.41, 5.74) is 2.59. The van der Waals surface area contributed by atoms with Gasteiger partial charge in [-0.2, -0.15) is 3.71 Å². The van der Waals surface area contributed by atoms with Gasteiger partial charge in [0.25, 0.3) is 20.0 Å². The van der Waals surface area contributed by atoms with E-state index in [1.165, 1.54) is 60.7 Å². The number of rotatable bonds is 7. The van der Waals surface area contributed by atoms with Crippen molar-refractivity contribution in [3.8, 4) is 17.1 Å². The van der Waals surface area contributed by atoms with Crippen LogP contribution in [-0.2, 0) is 20.0 Å². The van der Waals surface area contributed by atoms with Gasteiger partial charge in [0.2, 0.25) is 0 Å². The Bertz CT molecular complexity index is 2080. The topological polar surface area (TPSA) is 89.3 Å². The Kier molecular flexibility index (Phi) is 7.28. The van der Waals surface area contributed by atoms with E-state index in [9.17, 15) is 16.8 Å². The Morgan fingerprint density at radius 2 is 1.14 bits per heavy atom. The van der Waals surface area contributed by atoms with E-state index >= 15 is 0 Å². The second kappa shape index (κ2) is 10.9. The number of sulfonamides is 2. The van der Waals surface area contributed by atoms with Gasteiger partial charge in [0.05, 0.1) is 26.5 Å². The highest BCUT2D eigenvalue weighted by Gasteiger charge is 2.37. The fraction of sp³-hybridized carbons (Fsp3) is 0. The Hall–Kier alpha value is -4.15. The molecule has 0 aliphatic heterocycles. The van der Waals surface area contributed by atoms with E-state index in [2.05, 4.69) is 0 Å². The third kappa shape index (κ3) is 5.05. The number of halogens is 2. The third-order valence-corrected chi connectivity index (χ3v) is 11.2. The smallest absolute Gasteiger partial charge is 0.277 e. The minimum absolute atomic E-state index is 0.125. The van der Waals surface area contributed by atoms with Gasteiger partial charge in [-0.3, -0.25) is 4.57 Å². The van der Waals surface area contributed by atoms with Crippen LogP contribution in [0.25, 0.3) is 28.1 Å². The molecule has 0 aliphatic rings. The monoisotopic (exact) mass is 633 g/mol. The number of hydrogen-bond donors (Lipinski definition) is 0. The molecule has 0 aliphatic carbocycles. The van der Waals surface area contributed by atoms with E-state index in [1.54, 1.807) is 6.07 Å². The highest BCUT2D eigenvalue weighted by Crippen LogP contribution is 2.36. The minimum Gasteiger partial charge on any atom is -0.292 e. The van der Waals surface area contributed by atoms with E-state index in [1.807, 2.05) is 65.2 Å². The average Bonchev–Trinajstić information content (AvgIpc) is 3.37. The lowest BCUT2D eigenvalue weighted by atomic mass is 10.2. The molecule has 6 aromatic rings. The number of para-hydroxylation sites is 1. The van der Waals surface area contributed by atoms with Crippen LogP contribution >= 0.6 is 23.2 Å². The zero-order valence-corrected chi connectivity index (χ0v) is 24.8. The van der Waals surface area contributed by atoms with E-state index in [0.29, 0.717) is 20.6 Å². The second-order valence-electron chi connectivity index (χ2n) is 9.27. The Balaban J connectivity index is 1.62. The summed E-state index contributed by atoms with van der Waals surface area (Å²) >= 11 is 12.2. The summed E-state index contributed by atoms with van der Waals surface area (Å²) < 4.78 is 58.6. The Morgan fingerprint density at radius 3 is 1.69 bits per heavy atom. The van der Waals surface area contributed by atoms with Crippen LogP contribution in [0.3, 0.4) is 0 Å². The first kappa shape index (κ1) is 28.0. The molecular weight excluding hydrogens is 613 g/mol. The summed E-state index contributed by atoms with van der Waals surface area (Å²) in [7, 11) is -9.38. The van der Waals surface area contributed by atoms with Crippen LogP contribution < -0.4 is 3.71 Å². The lowest BCUT2D eigenvalue weighted by Gasteiger charge is -2.24. The molecule has 0 fully saturated rings. The van der Waals surface area contributed by atoms with Crippen molar-refractivity contribution < 1.29 is 16.8 Å². The summed E-state index contributed by atoms with van der Waals surface area (Å²) in [6.45, 7) is 0. The Labute approximate surface area is 253 Å². The lowest BCUT2D eigenvalue weighted by Crippen LogP contribution is -2.37. The zero-order valence-electron chi connectivity index (χ0n) is 21.7. The molecule has 0 N–H and O–H groups in total. The number of aromatic nitrogens is 2. The van der Waals surface area contributed by atoms with Gasteiger partial charge in [-0.05, 0) is 66.7 Å². The molecule has 1 heterocycles. The number of anilines is 1. The van der Waals surface area contributed by atoms with Crippen LogP contribution in [-0.4, -0.2) is 26.4 Å². The van der Waals surface area contributed by atoms with E-state index in [4.69, 9.17) is 28.2 Å². The van der Waals surface area contributed by atoms with Gasteiger partial charge in [-0.15, -0.1) is 0 Å². The van der Waals surface area contributed by atoms with Crippen LogP contribution in [0.15, 0.2) is 137 Å². The van der Waals surface area contributed by atoms with Gasteiger partial charge in [-0.1, -0.05) is 83.9 Å². The molecule has 0 spiro atoms. The van der Waals surface area contributed by atoms with Crippen molar-refractivity contribution in [2.75, 3.05) is 3.71 Å². The first-order valence-electron chi connectivity index (χ1n) is 12.6. The third-order valence-electron chi connectivity index (χ3n) is 6.52. The molecule has 0 unspecified atom stereocenters. The maximum atomic E-state index is 14.1. The molecule has 42 heavy (non-hydrogen) atoms. The normalized spacial score (nSPS) is 12.0. The van der Waals surface area contributed by atoms with Crippen molar-refractivity contribution in [1.82, 2.24) is 9.55 Å². The molecule has 0 bridgehead atoms. The van der Waals surface area contributed by atoms with Gasteiger partial charge >= 0.3 is 0 Å². The number of nitrogens with zero attached hydrogens (tertiary/aromatic N) is 3. The summed E-state index contributed by atoms with van der Waals surface area (Å²) in [5, 5.41) is 0.279. The molecule has 11 heteroatoms. The zero-order chi connectivity index (χ0) is 29.5. The fourth-order valence-electron chi connectivity index (χ4n) is 4.65. The average molecular weight is 635 g/mol. The van der Waals surface area contributed by atoms with Crippen LogP contribution in [0.4, 0.5) is 5.69 Å². The molecular formula is C31H21Cl2N3O4S2. The number of hydrogen-bond acceptors (Lipinski definition) is 5. The number of fused-ring (bicyclic) bond motifs is 1. The van der Waals surface area contributed by atoms with E-state index < -0.39 is 20.0 Å². The maximum absolute atomic E-state index is 14.1. The maximum Gasteiger partial charge on any atom is 0.277 e. The van der Waals surface area contributed by atoms with Gasteiger partial charge in [0.1, 0.15) is 5.82 Å². The molecule has 0 amide bonds. The Morgan fingerprint density at radius 1 is 0.595 bits per heavy atom. The highest BCUT2D eigenvalue weighted by atomic mass is 35.5.